The molecule has 0 saturated heterocycles. The van der Waals surface area contributed by atoms with E-state index in [0.29, 0.717) is 5.75 Å². The van der Waals surface area contributed by atoms with Crippen LogP contribution >= 0.6 is 0 Å². The van der Waals surface area contributed by atoms with Crippen molar-refractivity contribution >= 4 is 17.8 Å². The lowest BCUT2D eigenvalue weighted by molar-refractivity contribution is -0.119. The molecule has 1 heterocycles. The summed E-state index contributed by atoms with van der Waals surface area (Å²) < 4.78 is 7.43. The Morgan fingerprint density at radius 2 is 1.83 bits per heavy atom. The predicted octanol–water partition coefficient (Wildman–Crippen LogP) is 3.97. The number of ether oxygens (including phenoxy) is 1. The summed E-state index contributed by atoms with van der Waals surface area (Å²) in [5.74, 6) is 0.451. The van der Waals surface area contributed by atoms with E-state index in [0.717, 1.165) is 28.3 Å². The van der Waals surface area contributed by atoms with Crippen molar-refractivity contribution in [3.8, 4) is 11.4 Å². The molecule has 0 aliphatic rings. The van der Waals surface area contributed by atoms with E-state index in [4.69, 9.17) is 4.74 Å². The molecule has 150 valence electrons. The Kier molecular flexibility index (Phi) is 6.34. The Morgan fingerprint density at radius 1 is 1.10 bits per heavy atom. The number of benzene rings is 2. The van der Waals surface area contributed by atoms with Crippen LogP contribution in [0.25, 0.3) is 5.69 Å². The molecule has 0 aliphatic heterocycles. The Balaban J connectivity index is 1.62. The quantitative estimate of drug-likeness (QED) is 0.474. The van der Waals surface area contributed by atoms with Gasteiger partial charge < -0.3 is 14.6 Å². The Bertz CT molecular complexity index is 1020. The van der Waals surface area contributed by atoms with Crippen molar-refractivity contribution in [1.29, 1.82) is 0 Å². The van der Waals surface area contributed by atoms with E-state index < -0.39 is 0 Å². The van der Waals surface area contributed by atoms with Gasteiger partial charge in [-0.3, -0.25) is 4.79 Å². The van der Waals surface area contributed by atoms with Gasteiger partial charge in [-0.1, -0.05) is 29.8 Å². The smallest absolute Gasteiger partial charge is 0.259 e. The summed E-state index contributed by atoms with van der Waals surface area (Å²) >= 11 is 0. The number of nitrogens with zero attached hydrogens (tertiary/aromatic N) is 2. The first-order chi connectivity index (χ1) is 14.0. The highest BCUT2D eigenvalue weighted by Gasteiger charge is 2.09. The lowest BCUT2D eigenvalue weighted by Gasteiger charge is -2.10. The van der Waals surface area contributed by atoms with Crippen LogP contribution in [-0.2, 0) is 4.79 Å². The zero-order chi connectivity index (χ0) is 20.8. The number of hydrogen-bond acceptors (Lipinski definition) is 4. The summed E-state index contributed by atoms with van der Waals surface area (Å²) in [6, 6.07) is 17.9. The van der Waals surface area contributed by atoms with Crippen LogP contribution in [0, 0.1) is 20.8 Å². The number of aromatic nitrogens is 1. The zero-order valence-corrected chi connectivity index (χ0v) is 17.2. The number of hydrogen-bond donors (Lipinski definition) is 2. The van der Waals surface area contributed by atoms with Crippen LogP contribution in [-0.4, -0.2) is 30.3 Å². The van der Waals surface area contributed by atoms with Gasteiger partial charge in [0, 0.05) is 22.6 Å². The summed E-state index contributed by atoms with van der Waals surface area (Å²) in [5.41, 5.74) is 8.79. The molecule has 3 aromatic rings. The lowest BCUT2D eigenvalue weighted by atomic mass is 10.2. The van der Waals surface area contributed by atoms with Crippen LogP contribution < -0.4 is 15.5 Å². The van der Waals surface area contributed by atoms with Crippen LogP contribution in [0.4, 0.5) is 5.69 Å². The minimum atomic E-state index is -0.237. The molecular weight excluding hydrogens is 364 g/mol. The highest BCUT2D eigenvalue weighted by Crippen LogP contribution is 2.22. The number of amides is 1. The number of nitrogens with one attached hydrogen (secondary N) is 2. The maximum absolute atomic E-state index is 12.1. The van der Waals surface area contributed by atoms with Crippen molar-refractivity contribution in [3.05, 3.63) is 77.1 Å². The SMILES string of the molecule is COc1ccccc1NCC(=O)N/N=C\c1cc(C)n(-c2ccc(C)cc2)c1C. The molecule has 0 bridgehead atoms. The van der Waals surface area contributed by atoms with Gasteiger partial charge in [0.1, 0.15) is 5.75 Å². The summed E-state index contributed by atoms with van der Waals surface area (Å²) in [6.45, 7) is 6.27. The standard InChI is InChI=1S/C23H26N4O2/c1-16-9-11-20(12-10-16)27-17(2)13-19(18(27)3)14-25-26-23(28)15-24-21-7-5-6-8-22(21)29-4/h5-14,24H,15H2,1-4H3,(H,26,28)/b25-14-. The fourth-order valence-electron chi connectivity index (χ4n) is 3.19. The predicted molar refractivity (Wildman–Crippen MR) is 117 cm³/mol. The largest absolute Gasteiger partial charge is 0.495 e. The highest BCUT2D eigenvalue weighted by molar-refractivity contribution is 5.85. The molecule has 0 saturated carbocycles. The minimum absolute atomic E-state index is 0.0973. The number of para-hydroxylation sites is 2. The van der Waals surface area contributed by atoms with E-state index >= 15 is 0 Å². The third-order valence-corrected chi connectivity index (χ3v) is 4.70. The Labute approximate surface area is 171 Å². The van der Waals surface area contributed by atoms with Crippen molar-refractivity contribution < 1.29 is 9.53 Å². The molecule has 0 radical (unpaired) electrons. The van der Waals surface area contributed by atoms with Gasteiger partial charge in [-0.2, -0.15) is 5.10 Å². The second kappa shape index (κ2) is 9.10. The van der Waals surface area contributed by atoms with Crippen LogP contribution in [0.1, 0.15) is 22.5 Å². The summed E-state index contributed by atoms with van der Waals surface area (Å²) in [4.78, 5) is 12.1. The minimum Gasteiger partial charge on any atom is -0.495 e. The van der Waals surface area contributed by atoms with Gasteiger partial charge in [0.05, 0.1) is 25.6 Å². The number of carbonyl (C=O) groups is 1. The van der Waals surface area contributed by atoms with Gasteiger partial charge in [0.2, 0.25) is 0 Å². The highest BCUT2D eigenvalue weighted by atomic mass is 16.5. The van der Waals surface area contributed by atoms with Crippen LogP contribution in [0.15, 0.2) is 59.7 Å². The van der Waals surface area contributed by atoms with Gasteiger partial charge in [-0.25, -0.2) is 5.43 Å². The van der Waals surface area contributed by atoms with E-state index in [1.165, 1.54) is 5.56 Å². The van der Waals surface area contributed by atoms with Crippen LogP contribution in [0.3, 0.4) is 0 Å². The molecule has 1 aromatic heterocycles. The van der Waals surface area contributed by atoms with Crippen LogP contribution in [0.2, 0.25) is 0 Å². The molecule has 0 aliphatic carbocycles. The first-order valence-electron chi connectivity index (χ1n) is 9.44. The Morgan fingerprint density at radius 3 is 2.55 bits per heavy atom. The fraction of sp³-hybridized carbons (Fsp3) is 0.217. The summed E-state index contributed by atoms with van der Waals surface area (Å²) in [5, 5.41) is 7.16. The second-order valence-corrected chi connectivity index (χ2v) is 6.84. The molecule has 29 heavy (non-hydrogen) atoms. The van der Waals surface area contributed by atoms with E-state index in [1.54, 1.807) is 13.3 Å². The molecule has 2 N–H and O–H groups in total. The van der Waals surface area contributed by atoms with E-state index in [-0.39, 0.29) is 12.5 Å². The zero-order valence-electron chi connectivity index (χ0n) is 17.2. The van der Waals surface area contributed by atoms with Crippen molar-refractivity contribution in [1.82, 2.24) is 9.99 Å². The molecule has 6 nitrogen and oxygen atoms in total. The fourth-order valence-corrected chi connectivity index (χ4v) is 3.19. The number of methoxy groups -OCH3 is 1. The Hall–Kier alpha value is -3.54. The molecule has 0 unspecified atom stereocenters. The summed E-state index contributed by atoms with van der Waals surface area (Å²) in [7, 11) is 1.60. The third-order valence-electron chi connectivity index (χ3n) is 4.70. The molecule has 1 amide bonds. The molecular formula is C23H26N4O2. The maximum atomic E-state index is 12.1. The molecule has 6 heteroatoms. The molecule has 2 aromatic carbocycles. The van der Waals surface area contributed by atoms with Gasteiger partial charge in [0.15, 0.2) is 0 Å². The van der Waals surface area contributed by atoms with Crippen molar-refractivity contribution in [2.24, 2.45) is 5.10 Å². The maximum Gasteiger partial charge on any atom is 0.259 e. The van der Waals surface area contributed by atoms with Gasteiger partial charge in [-0.15, -0.1) is 0 Å². The van der Waals surface area contributed by atoms with Crippen molar-refractivity contribution in [2.45, 2.75) is 20.8 Å². The van der Waals surface area contributed by atoms with Crippen molar-refractivity contribution in [2.75, 3.05) is 19.0 Å². The number of aryl methyl sites for hydroxylation is 2. The molecule has 0 fully saturated rings. The van der Waals surface area contributed by atoms with E-state index in [9.17, 15) is 4.79 Å². The van der Waals surface area contributed by atoms with Gasteiger partial charge in [0.25, 0.3) is 5.91 Å². The first kappa shape index (κ1) is 20.2. The third kappa shape index (κ3) is 4.85. The second-order valence-electron chi connectivity index (χ2n) is 6.84. The van der Waals surface area contributed by atoms with E-state index in [2.05, 4.69) is 64.6 Å². The summed E-state index contributed by atoms with van der Waals surface area (Å²) in [6.07, 6.45) is 1.67. The lowest BCUT2D eigenvalue weighted by Crippen LogP contribution is -2.26. The molecule has 0 spiro atoms. The normalized spacial score (nSPS) is 10.9. The average molecular weight is 390 g/mol. The van der Waals surface area contributed by atoms with Crippen molar-refractivity contribution in [3.63, 3.8) is 0 Å². The van der Waals surface area contributed by atoms with Gasteiger partial charge in [-0.05, 0) is 51.1 Å². The number of hydrazone groups is 1. The van der Waals surface area contributed by atoms with Crippen LogP contribution in [0.5, 0.6) is 5.75 Å². The topological polar surface area (TPSA) is 67.7 Å². The number of anilines is 1. The monoisotopic (exact) mass is 390 g/mol. The average Bonchev–Trinajstić information content (AvgIpc) is 3.00. The number of rotatable bonds is 7. The number of carbonyl (C=O) groups excluding carboxylic acids is 1. The first-order valence-corrected chi connectivity index (χ1v) is 9.44. The van der Waals surface area contributed by atoms with Gasteiger partial charge >= 0.3 is 0 Å². The molecule has 0 atom stereocenters. The molecule has 3 rings (SSSR count). The van der Waals surface area contributed by atoms with E-state index in [1.807, 2.05) is 31.2 Å².